The number of sulfonamides is 1. The van der Waals surface area contributed by atoms with Gasteiger partial charge >= 0.3 is 0 Å². The molecule has 1 aliphatic rings. The molecule has 0 spiro atoms. The number of aliphatic hydroxyl groups is 1. The third-order valence-electron chi connectivity index (χ3n) is 4.86. The van der Waals surface area contributed by atoms with Crippen molar-refractivity contribution in [2.24, 2.45) is 0 Å². The van der Waals surface area contributed by atoms with Crippen LogP contribution in [0, 0.1) is 0 Å². The Balaban J connectivity index is 1.74. The van der Waals surface area contributed by atoms with Crippen molar-refractivity contribution < 1.29 is 13.5 Å². The summed E-state index contributed by atoms with van der Waals surface area (Å²) in [6.45, 7) is 3.90. The first-order valence-electron chi connectivity index (χ1n) is 8.95. The van der Waals surface area contributed by atoms with Gasteiger partial charge in [0.25, 0.3) is 0 Å². The van der Waals surface area contributed by atoms with Crippen LogP contribution >= 0.6 is 0 Å². The molecule has 1 aliphatic carbocycles. The average molecular weight is 375 g/mol. The quantitative estimate of drug-likeness (QED) is 0.692. The zero-order chi connectivity index (χ0) is 18.7. The van der Waals surface area contributed by atoms with E-state index < -0.39 is 16.1 Å². The smallest absolute Gasteiger partial charge is 0.242 e. The van der Waals surface area contributed by atoms with Gasteiger partial charge in [0, 0.05) is 18.7 Å². The molecule has 0 saturated carbocycles. The van der Waals surface area contributed by atoms with Gasteiger partial charge in [0.1, 0.15) is 10.7 Å². The number of benzene rings is 1. The predicted octanol–water partition coefficient (Wildman–Crippen LogP) is 2.62. The summed E-state index contributed by atoms with van der Waals surface area (Å²) in [6, 6.07) is 10.7. The maximum absolute atomic E-state index is 12.4. The molecule has 0 aliphatic heterocycles. The van der Waals surface area contributed by atoms with E-state index in [1.54, 1.807) is 6.07 Å². The number of nitrogens with zero attached hydrogens (tertiary/aromatic N) is 1. The molecule has 140 valence electrons. The Kier molecular flexibility index (Phi) is 5.60. The highest BCUT2D eigenvalue weighted by atomic mass is 32.2. The molecule has 6 nitrogen and oxygen atoms in total. The van der Waals surface area contributed by atoms with E-state index in [4.69, 9.17) is 0 Å². The highest BCUT2D eigenvalue weighted by molar-refractivity contribution is 7.89. The molecule has 0 radical (unpaired) electrons. The molecule has 2 aromatic rings. The van der Waals surface area contributed by atoms with E-state index in [2.05, 4.69) is 15.0 Å². The second-order valence-electron chi connectivity index (χ2n) is 6.61. The Hall–Kier alpha value is -1.96. The van der Waals surface area contributed by atoms with Crippen LogP contribution in [0.5, 0.6) is 0 Å². The van der Waals surface area contributed by atoms with Crippen molar-refractivity contribution in [1.82, 2.24) is 9.71 Å². The zero-order valence-corrected chi connectivity index (χ0v) is 15.8. The lowest BCUT2D eigenvalue weighted by Crippen LogP contribution is -2.33. The van der Waals surface area contributed by atoms with Crippen molar-refractivity contribution in [3.8, 4) is 0 Å². The van der Waals surface area contributed by atoms with E-state index >= 15 is 0 Å². The maximum Gasteiger partial charge on any atom is 0.242 e. The van der Waals surface area contributed by atoms with Crippen LogP contribution in [0.1, 0.15) is 43.9 Å². The summed E-state index contributed by atoms with van der Waals surface area (Å²) in [7, 11) is -3.58. The lowest BCUT2D eigenvalue weighted by molar-refractivity contribution is 0.165. The van der Waals surface area contributed by atoms with Crippen molar-refractivity contribution in [2.75, 3.05) is 5.32 Å². The number of pyridine rings is 1. The number of anilines is 1. The van der Waals surface area contributed by atoms with Crippen LogP contribution in [0.3, 0.4) is 0 Å². The van der Waals surface area contributed by atoms with Crippen molar-refractivity contribution >= 4 is 15.8 Å². The van der Waals surface area contributed by atoms with Gasteiger partial charge in [0.15, 0.2) is 0 Å². The van der Waals surface area contributed by atoms with Crippen LogP contribution in [0.2, 0.25) is 0 Å². The first-order valence-corrected chi connectivity index (χ1v) is 10.4. The summed E-state index contributed by atoms with van der Waals surface area (Å²) < 4.78 is 27.5. The molecule has 0 bridgehead atoms. The topological polar surface area (TPSA) is 91.3 Å². The molecule has 0 amide bonds. The van der Waals surface area contributed by atoms with Crippen molar-refractivity contribution in [1.29, 1.82) is 0 Å². The van der Waals surface area contributed by atoms with Crippen LogP contribution in [0.15, 0.2) is 47.5 Å². The second-order valence-corrected chi connectivity index (χ2v) is 8.32. The summed E-state index contributed by atoms with van der Waals surface area (Å²) in [4.78, 5) is 4.37. The SMILES string of the molecule is CCC(CC)NS(=O)(=O)c1ccc(N[C@H]2c3ccccc3C[C@H]2O)nc1. The lowest BCUT2D eigenvalue weighted by Gasteiger charge is -2.19. The summed E-state index contributed by atoms with van der Waals surface area (Å²) in [5.74, 6) is 0.534. The summed E-state index contributed by atoms with van der Waals surface area (Å²) in [5, 5.41) is 13.5. The van der Waals surface area contributed by atoms with Gasteiger partial charge in [-0.05, 0) is 36.1 Å². The van der Waals surface area contributed by atoms with E-state index in [1.807, 2.05) is 38.1 Å². The standard InChI is InChI=1S/C19H25N3O3S/c1-3-14(4-2)22-26(24,25)15-9-10-18(20-12-15)21-19-16-8-6-5-7-13(16)11-17(19)23/h5-10,12,14,17,19,22-23H,3-4,11H2,1-2H3,(H,20,21)/t17-,19+/m1/s1. The minimum atomic E-state index is -3.58. The van der Waals surface area contributed by atoms with Gasteiger partial charge in [-0.25, -0.2) is 18.1 Å². The van der Waals surface area contributed by atoms with Gasteiger partial charge in [0.2, 0.25) is 10.0 Å². The monoisotopic (exact) mass is 375 g/mol. The predicted molar refractivity (Wildman–Crippen MR) is 101 cm³/mol. The first-order chi connectivity index (χ1) is 12.4. The van der Waals surface area contributed by atoms with Crippen LogP contribution < -0.4 is 10.0 Å². The molecule has 0 unspecified atom stereocenters. The van der Waals surface area contributed by atoms with Gasteiger partial charge in [-0.3, -0.25) is 0 Å². The first kappa shape index (κ1) is 18.8. The van der Waals surface area contributed by atoms with E-state index in [-0.39, 0.29) is 17.0 Å². The molecule has 1 aromatic carbocycles. The normalized spacial score (nSPS) is 19.5. The van der Waals surface area contributed by atoms with Crippen molar-refractivity contribution in [3.05, 3.63) is 53.7 Å². The molecule has 0 saturated heterocycles. The average Bonchev–Trinajstić information content (AvgIpc) is 2.96. The molecule has 0 fully saturated rings. The lowest BCUT2D eigenvalue weighted by atomic mass is 10.1. The molecular formula is C19H25N3O3S. The van der Waals surface area contributed by atoms with Crippen LogP contribution in [0.25, 0.3) is 0 Å². The molecule has 3 rings (SSSR count). The highest BCUT2D eigenvalue weighted by Gasteiger charge is 2.30. The highest BCUT2D eigenvalue weighted by Crippen LogP contribution is 2.33. The summed E-state index contributed by atoms with van der Waals surface area (Å²) >= 11 is 0. The Morgan fingerprint density at radius 1 is 1.19 bits per heavy atom. The third-order valence-corrected chi connectivity index (χ3v) is 6.37. The Labute approximate surface area is 154 Å². The van der Waals surface area contributed by atoms with Gasteiger partial charge in [-0.15, -0.1) is 0 Å². The summed E-state index contributed by atoms with van der Waals surface area (Å²) in [5.41, 5.74) is 2.17. The van der Waals surface area contributed by atoms with Crippen molar-refractivity contribution in [3.63, 3.8) is 0 Å². The molecular weight excluding hydrogens is 350 g/mol. The maximum atomic E-state index is 12.4. The van der Waals surface area contributed by atoms with Gasteiger partial charge in [-0.2, -0.15) is 0 Å². The fourth-order valence-corrected chi connectivity index (χ4v) is 4.62. The Bertz CT molecular complexity index is 849. The molecule has 2 atom stereocenters. The molecule has 26 heavy (non-hydrogen) atoms. The number of hydrogen-bond donors (Lipinski definition) is 3. The third kappa shape index (κ3) is 3.90. The van der Waals surface area contributed by atoms with Crippen LogP contribution in [-0.2, 0) is 16.4 Å². The van der Waals surface area contributed by atoms with Gasteiger partial charge in [-0.1, -0.05) is 38.1 Å². The van der Waals surface area contributed by atoms with Crippen molar-refractivity contribution in [2.45, 2.75) is 56.2 Å². The second kappa shape index (κ2) is 7.73. The summed E-state index contributed by atoms with van der Waals surface area (Å²) in [6.07, 6.45) is 2.89. The molecule has 1 heterocycles. The van der Waals surface area contributed by atoms with Gasteiger partial charge < -0.3 is 10.4 Å². The van der Waals surface area contributed by atoms with Crippen LogP contribution in [0.4, 0.5) is 5.82 Å². The fourth-order valence-electron chi connectivity index (χ4n) is 3.27. The molecule has 7 heteroatoms. The number of aromatic nitrogens is 1. The number of hydrogen-bond acceptors (Lipinski definition) is 5. The Morgan fingerprint density at radius 3 is 2.58 bits per heavy atom. The minimum Gasteiger partial charge on any atom is -0.390 e. The van der Waals surface area contributed by atoms with E-state index in [0.717, 1.165) is 24.0 Å². The molecule has 3 N–H and O–H groups in total. The fraction of sp³-hybridized carbons (Fsp3) is 0.421. The largest absolute Gasteiger partial charge is 0.390 e. The zero-order valence-electron chi connectivity index (χ0n) is 15.0. The van der Waals surface area contributed by atoms with E-state index in [9.17, 15) is 13.5 Å². The van der Waals surface area contributed by atoms with Gasteiger partial charge in [0.05, 0.1) is 12.1 Å². The minimum absolute atomic E-state index is 0.0806. The number of nitrogens with one attached hydrogen (secondary N) is 2. The van der Waals surface area contributed by atoms with E-state index in [1.165, 1.54) is 12.3 Å². The number of aliphatic hydroxyl groups excluding tert-OH is 1. The van der Waals surface area contributed by atoms with Crippen LogP contribution in [-0.4, -0.2) is 30.7 Å². The number of fused-ring (bicyclic) bond motifs is 1. The number of rotatable bonds is 7. The van der Waals surface area contributed by atoms with E-state index in [0.29, 0.717) is 12.2 Å². The molecule has 1 aromatic heterocycles. The Morgan fingerprint density at radius 2 is 1.92 bits per heavy atom.